The Balaban J connectivity index is 2.26. The molecule has 0 unspecified atom stereocenters. The number of hydroxylamine groups is 2. The molecule has 2 N–H and O–H groups in total. The molecule has 0 aromatic heterocycles. The number of allylic oxidation sites excluding steroid dienone is 2. The number of amides is 1. The maximum Gasteiger partial charge on any atom is 0.225 e. The van der Waals surface area contributed by atoms with Gasteiger partial charge in [-0.1, -0.05) is 12.2 Å². The predicted molar refractivity (Wildman–Crippen MR) is 51.4 cm³/mol. The van der Waals surface area contributed by atoms with Gasteiger partial charge in [-0.25, -0.2) is 0 Å². The molecule has 1 saturated heterocycles. The summed E-state index contributed by atoms with van der Waals surface area (Å²) in [5.74, 6) is -0.153. The second-order valence-electron chi connectivity index (χ2n) is 3.90. The van der Waals surface area contributed by atoms with Crippen LogP contribution in [0.5, 0.6) is 0 Å². The van der Waals surface area contributed by atoms with Crippen LogP contribution in [0, 0.1) is 5.92 Å². The number of nitrogens with zero attached hydrogens (tertiary/aromatic N) is 1. The Labute approximate surface area is 82.9 Å². The van der Waals surface area contributed by atoms with E-state index < -0.39 is 5.54 Å². The first-order valence-corrected chi connectivity index (χ1v) is 4.76. The molecule has 2 atom stereocenters. The average Bonchev–Trinajstić information content (AvgIpc) is 2.57. The molecule has 0 aromatic carbocycles. The van der Waals surface area contributed by atoms with Crippen molar-refractivity contribution in [3.05, 3.63) is 24.4 Å². The van der Waals surface area contributed by atoms with Crippen molar-refractivity contribution >= 4 is 5.91 Å². The summed E-state index contributed by atoms with van der Waals surface area (Å²) in [6.45, 7) is 2.56. The minimum atomic E-state index is -0.602. The minimum Gasteiger partial charge on any atom is -0.356 e. The van der Waals surface area contributed by atoms with E-state index in [1.165, 1.54) is 0 Å². The molecular weight excluding hydrogens is 180 g/mol. The molecule has 0 aromatic rings. The van der Waals surface area contributed by atoms with Crippen LogP contribution in [0.25, 0.3) is 0 Å². The van der Waals surface area contributed by atoms with Crippen molar-refractivity contribution in [1.82, 2.24) is 10.4 Å². The fourth-order valence-electron chi connectivity index (χ4n) is 2.05. The summed E-state index contributed by atoms with van der Waals surface area (Å²) in [7, 11) is 0. The summed E-state index contributed by atoms with van der Waals surface area (Å²) in [5.41, 5.74) is -0.602. The standard InChI is InChI=1S/C10H14N2O2/c1-10(5-2-3-7-12(10)14)8-4-6-11-9(8)13/h2-3,5,7-8,14H,4,6H2,1H3,(H,11,13)/t8-,10+/m1/s1. The Morgan fingerprint density at radius 2 is 2.43 bits per heavy atom. The maximum atomic E-state index is 11.5. The highest BCUT2D eigenvalue weighted by molar-refractivity contribution is 5.82. The molecule has 14 heavy (non-hydrogen) atoms. The van der Waals surface area contributed by atoms with Crippen LogP contribution in [0.3, 0.4) is 0 Å². The highest BCUT2D eigenvalue weighted by Crippen LogP contribution is 2.32. The summed E-state index contributed by atoms with van der Waals surface area (Å²) >= 11 is 0. The van der Waals surface area contributed by atoms with Gasteiger partial charge in [0.15, 0.2) is 0 Å². The number of carbonyl (C=O) groups is 1. The minimum absolute atomic E-state index is 0.0199. The summed E-state index contributed by atoms with van der Waals surface area (Å²) in [6, 6.07) is 0. The molecule has 2 aliphatic rings. The van der Waals surface area contributed by atoms with Gasteiger partial charge in [-0.3, -0.25) is 15.1 Å². The van der Waals surface area contributed by atoms with Crippen molar-refractivity contribution < 1.29 is 10.0 Å². The van der Waals surface area contributed by atoms with Crippen LogP contribution in [-0.2, 0) is 4.79 Å². The molecule has 4 nitrogen and oxygen atoms in total. The van der Waals surface area contributed by atoms with Crippen LogP contribution in [0.1, 0.15) is 13.3 Å². The van der Waals surface area contributed by atoms with Gasteiger partial charge in [0.1, 0.15) is 0 Å². The molecule has 0 bridgehead atoms. The lowest BCUT2D eigenvalue weighted by Crippen LogP contribution is -2.49. The Bertz CT molecular complexity index is 311. The van der Waals surface area contributed by atoms with Gasteiger partial charge in [0.2, 0.25) is 5.91 Å². The highest BCUT2D eigenvalue weighted by atomic mass is 16.5. The first kappa shape index (κ1) is 9.27. The largest absolute Gasteiger partial charge is 0.356 e. The zero-order chi connectivity index (χ0) is 10.2. The second-order valence-corrected chi connectivity index (χ2v) is 3.90. The Morgan fingerprint density at radius 3 is 3.00 bits per heavy atom. The predicted octanol–water partition coefficient (Wildman–Crippen LogP) is 0.656. The normalized spacial score (nSPS) is 36.3. The Hall–Kier alpha value is -1.29. The fraction of sp³-hybridized carbons (Fsp3) is 0.500. The van der Waals surface area contributed by atoms with Crippen molar-refractivity contribution in [2.75, 3.05) is 6.54 Å². The van der Waals surface area contributed by atoms with E-state index in [2.05, 4.69) is 5.32 Å². The number of hydrogen-bond donors (Lipinski definition) is 2. The van der Waals surface area contributed by atoms with Crippen LogP contribution in [0.15, 0.2) is 24.4 Å². The van der Waals surface area contributed by atoms with Crippen LogP contribution < -0.4 is 5.32 Å². The molecule has 76 valence electrons. The molecule has 0 saturated carbocycles. The molecule has 0 aliphatic carbocycles. The summed E-state index contributed by atoms with van der Waals surface area (Å²) < 4.78 is 0. The lowest BCUT2D eigenvalue weighted by Gasteiger charge is -2.38. The first-order chi connectivity index (χ1) is 6.64. The zero-order valence-corrected chi connectivity index (χ0v) is 8.10. The quantitative estimate of drug-likeness (QED) is 0.644. The molecule has 2 aliphatic heterocycles. The van der Waals surface area contributed by atoms with Crippen LogP contribution in [-0.4, -0.2) is 28.3 Å². The summed E-state index contributed by atoms with van der Waals surface area (Å²) in [6.07, 6.45) is 7.81. The van der Waals surface area contributed by atoms with Crippen LogP contribution >= 0.6 is 0 Å². The Morgan fingerprint density at radius 1 is 1.64 bits per heavy atom. The monoisotopic (exact) mass is 194 g/mol. The third-order valence-corrected chi connectivity index (χ3v) is 3.02. The number of hydrogen-bond acceptors (Lipinski definition) is 3. The van der Waals surface area contributed by atoms with E-state index in [-0.39, 0.29) is 11.8 Å². The molecule has 1 amide bonds. The topological polar surface area (TPSA) is 52.6 Å². The SMILES string of the molecule is C[C@@]1([C@@H]2CCNC2=O)C=CC=CN1O. The van der Waals surface area contributed by atoms with E-state index in [0.29, 0.717) is 6.54 Å². The van der Waals surface area contributed by atoms with E-state index in [9.17, 15) is 10.0 Å². The smallest absolute Gasteiger partial charge is 0.225 e. The maximum absolute atomic E-state index is 11.5. The fourth-order valence-corrected chi connectivity index (χ4v) is 2.05. The van der Waals surface area contributed by atoms with Gasteiger partial charge in [-0.2, -0.15) is 0 Å². The molecule has 1 fully saturated rings. The van der Waals surface area contributed by atoms with Crippen molar-refractivity contribution in [2.24, 2.45) is 5.92 Å². The number of nitrogens with one attached hydrogen (secondary N) is 1. The van der Waals surface area contributed by atoms with Crippen LogP contribution in [0.4, 0.5) is 0 Å². The zero-order valence-electron chi connectivity index (χ0n) is 8.10. The summed E-state index contributed by atoms with van der Waals surface area (Å²) in [5, 5.41) is 13.6. The van der Waals surface area contributed by atoms with Crippen molar-refractivity contribution in [3.8, 4) is 0 Å². The first-order valence-electron chi connectivity index (χ1n) is 4.76. The molecular formula is C10H14N2O2. The van der Waals surface area contributed by atoms with E-state index in [4.69, 9.17) is 0 Å². The van der Waals surface area contributed by atoms with E-state index in [1.54, 1.807) is 12.3 Å². The second kappa shape index (κ2) is 3.13. The molecule has 0 radical (unpaired) electrons. The molecule has 2 rings (SSSR count). The van der Waals surface area contributed by atoms with E-state index >= 15 is 0 Å². The average molecular weight is 194 g/mol. The van der Waals surface area contributed by atoms with Crippen molar-refractivity contribution in [3.63, 3.8) is 0 Å². The van der Waals surface area contributed by atoms with Gasteiger partial charge in [0, 0.05) is 12.7 Å². The third kappa shape index (κ3) is 1.23. The van der Waals surface area contributed by atoms with Gasteiger partial charge in [0.25, 0.3) is 0 Å². The number of carbonyl (C=O) groups excluding carboxylic acids is 1. The molecule has 2 heterocycles. The number of rotatable bonds is 1. The van der Waals surface area contributed by atoms with Gasteiger partial charge >= 0.3 is 0 Å². The lowest BCUT2D eigenvalue weighted by atomic mass is 9.83. The van der Waals surface area contributed by atoms with E-state index in [1.807, 2.05) is 19.1 Å². The van der Waals surface area contributed by atoms with Gasteiger partial charge < -0.3 is 5.32 Å². The third-order valence-electron chi connectivity index (χ3n) is 3.02. The highest BCUT2D eigenvalue weighted by Gasteiger charge is 2.43. The van der Waals surface area contributed by atoms with E-state index in [0.717, 1.165) is 11.5 Å². The Kier molecular flexibility index (Phi) is 2.07. The van der Waals surface area contributed by atoms with Gasteiger partial charge in [0.05, 0.1) is 11.5 Å². The lowest BCUT2D eigenvalue weighted by molar-refractivity contribution is -0.145. The summed E-state index contributed by atoms with van der Waals surface area (Å²) in [4.78, 5) is 11.5. The van der Waals surface area contributed by atoms with Gasteiger partial charge in [-0.15, -0.1) is 0 Å². The molecule has 0 spiro atoms. The van der Waals surface area contributed by atoms with Crippen LogP contribution in [0.2, 0.25) is 0 Å². The van der Waals surface area contributed by atoms with Gasteiger partial charge in [-0.05, 0) is 19.4 Å². The van der Waals surface area contributed by atoms with Crippen molar-refractivity contribution in [1.29, 1.82) is 0 Å². The molecule has 4 heteroatoms. The van der Waals surface area contributed by atoms with Crippen molar-refractivity contribution in [2.45, 2.75) is 18.9 Å².